The average molecular weight is 475 g/mol. The number of ether oxygens (including phenoxy) is 1. The molecule has 6 nitrogen and oxygen atoms in total. The third-order valence-electron chi connectivity index (χ3n) is 7.08. The monoisotopic (exact) mass is 474 g/mol. The zero-order valence-electron chi connectivity index (χ0n) is 16.9. The van der Waals surface area contributed by atoms with Crippen LogP contribution in [-0.2, 0) is 14.3 Å². The van der Waals surface area contributed by atoms with Crippen molar-refractivity contribution >= 4 is 39.4 Å². The number of nitrogens with one attached hydrogen (secondary N) is 2. The largest absolute Gasteiger partial charge is 0.455 e. The van der Waals surface area contributed by atoms with Crippen molar-refractivity contribution in [3.05, 3.63) is 29.8 Å². The molecule has 30 heavy (non-hydrogen) atoms. The van der Waals surface area contributed by atoms with Crippen LogP contribution in [0.1, 0.15) is 61.7 Å². The van der Waals surface area contributed by atoms with Crippen molar-refractivity contribution in [2.45, 2.75) is 61.7 Å². The first kappa shape index (κ1) is 20.0. The fraction of sp³-hybridized carbons (Fsp3) is 0.609. The van der Waals surface area contributed by atoms with Crippen molar-refractivity contribution in [3.63, 3.8) is 0 Å². The molecule has 160 valence electrons. The molecule has 1 aromatic carbocycles. The molecule has 2 amide bonds. The number of carbonyl (C=O) groups is 3. The Morgan fingerprint density at radius 1 is 1.10 bits per heavy atom. The Morgan fingerprint density at radius 3 is 2.50 bits per heavy atom. The Labute approximate surface area is 184 Å². The number of benzene rings is 1. The van der Waals surface area contributed by atoms with Gasteiger partial charge in [0.25, 0.3) is 11.8 Å². The van der Waals surface area contributed by atoms with Gasteiger partial charge in [0.05, 0.1) is 5.41 Å². The first-order valence-corrected chi connectivity index (χ1v) is 11.7. The van der Waals surface area contributed by atoms with Gasteiger partial charge in [0.2, 0.25) is 0 Å². The molecule has 0 aliphatic heterocycles. The highest BCUT2D eigenvalue weighted by Crippen LogP contribution is 2.64. The quantitative estimate of drug-likeness (QED) is 0.485. The van der Waals surface area contributed by atoms with E-state index >= 15 is 0 Å². The van der Waals surface area contributed by atoms with Crippen LogP contribution in [0.4, 0.5) is 5.69 Å². The van der Waals surface area contributed by atoms with E-state index in [0.29, 0.717) is 23.1 Å². The highest BCUT2D eigenvalue weighted by atomic mass is 79.9. The molecule has 7 heteroatoms. The van der Waals surface area contributed by atoms with Crippen LogP contribution in [0, 0.1) is 17.3 Å². The van der Waals surface area contributed by atoms with Gasteiger partial charge in [-0.25, -0.2) is 0 Å². The van der Waals surface area contributed by atoms with E-state index in [2.05, 4.69) is 26.6 Å². The second-order valence-electron chi connectivity index (χ2n) is 9.85. The summed E-state index contributed by atoms with van der Waals surface area (Å²) in [7, 11) is 0. The van der Waals surface area contributed by atoms with Crippen LogP contribution in [0.5, 0.6) is 0 Å². The first-order chi connectivity index (χ1) is 14.3. The van der Waals surface area contributed by atoms with E-state index < -0.39 is 5.41 Å². The zero-order valence-corrected chi connectivity index (χ0v) is 18.5. The van der Waals surface area contributed by atoms with Gasteiger partial charge in [0.15, 0.2) is 6.61 Å². The highest BCUT2D eigenvalue weighted by Gasteiger charge is 2.60. The molecule has 0 saturated heterocycles. The molecule has 0 radical (unpaired) electrons. The third-order valence-corrected chi connectivity index (χ3v) is 8.01. The number of amides is 2. The van der Waals surface area contributed by atoms with Crippen LogP contribution in [0.15, 0.2) is 24.3 Å². The van der Waals surface area contributed by atoms with Gasteiger partial charge < -0.3 is 15.4 Å². The summed E-state index contributed by atoms with van der Waals surface area (Å²) in [6, 6.07) is 7.09. The van der Waals surface area contributed by atoms with Crippen molar-refractivity contribution in [2.75, 3.05) is 11.9 Å². The molecule has 5 saturated carbocycles. The number of halogens is 1. The molecule has 0 heterocycles. The summed E-state index contributed by atoms with van der Waals surface area (Å²) >= 11 is 3.90. The number of alkyl halides is 1. The summed E-state index contributed by atoms with van der Waals surface area (Å²) in [5.74, 6) is 0.410. The third kappa shape index (κ3) is 4.01. The van der Waals surface area contributed by atoms with Crippen molar-refractivity contribution in [1.82, 2.24) is 5.32 Å². The van der Waals surface area contributed by atoms with E-state index in [1.165, 1.54) is 6.42 Å². The zero-order chi connectivity index (χ0) is 20.9. The summed E-state index contributed by atoms with van der Waals surface area (Å²) in [6.07, 6.45) is 8.12. The van der Waals surface area contributed by atoms with Crippen molar-refractivity contribution in [2.24, 2.45) is 17.3 Å². The molecule has 5 aliphatic carbocycles. The van der Waals surface area contributed by atoms with Crippen molar-refractivity contribution in [3.8, 4) is 0 Å². The second-order valence-corrected chi connectivity index (χ2v) is 11.5. The minimum atomic E-state index is -0.436. The summed E-state index contributed by atoms with van der Waals surface area (Å²) in [5, 5.41) is 5.67. The maximum atomic E-state index is 13.0. The molecule has 1 aromatic rings. The molecular weight excluding hydrogens is 448 g/mol. The van der Waals surface area contributed by atoms with Crippen LogP contribution < -0.4 is 10.6 Å². The van der Waals surface area contributed by atoms with Crippen LogP contribution in [0.3, 0.4) is 0 Å². The van der Waals surface area contributed by atoms with Crippen LogP contribution in [0.2, 0.25) is 0 Å². The van der Waals surface area contributed by atoms with Gasteiger partial charge >= 0.3 is 5.97 Å². The summed E-state index contributed by atoms with van der Waals surface area (Å²) < 4.78 is 5.56. The molecule has 6 rings (SSSR count). The van der Waals surface area contributed by atoms with E-state index in [-0.39, 0.29) is 34.8 Å². The molecule has 5 aliphatic rings. The molecule has 4 bridgehead atoms. The predicted octanol–water partition coefficient (Wildman–Crippen LogP) is 3.79. The standard InChI is InChI=1S/C23H27BrN2O4/c24-23-10-14-6-15(11-23)9-22(8-14,13-23)21(29)30-12-19(27)25-18-3-1-2-16(7-18)20(28)26-17-4-5-17/h1-3,7,14-15,17H,4-6,8-13H2,(H,25,27)(H,26,28). The first-order valence-electron chi connectivity index (χ1n) is 10.9. The number of hydrogen-bond acceptors (Lipinski definition) is 4. The normalized spacial score (nSPS) is 33.8. The van der Waals surface area contributed by atoms with Gasteiger partial charge in [-0.2, -0.15) is 0 Å². The van der Waals surface area contributed by atoms with Crippen molar-refractivity contribution in [1.29, 1.82) is 0 Å². The predicted molar refractivity (Wildman–Crippen MR) is 115 cm³/mol. The lowest BCUT2D eigenvalue weighted by molar-refractivity contribution is -0.170. The highest BCUT2D eigenvalue weighted by molar-refractivity contribution is 9.10. The van der Waals surface area contributed by atoms with E-state index in [0.717, 1.165) is 44.9 Å². The number of esters is 1. The fourth-order valence-electron chi connectivity index (χ4n) is 6.11. The van der Waals surface area contributed by atoms with Gasteiger partial charge in [-0.3, -0.25) is 14.4 Å². The maximum absolute atomic E-state index is 13.0. The summed E-state index contributed by atoms with van der Waals surface area (Å²) in [6.45, 7) is -0.302. The van der Waals surface area contributed by atoms with Crippen molar-refractivity contribution < 1.29 is 19.1 Å². The lowest BCUT2D eigenvalue weighted by atomic mass is 9.49. The van der Waals surface area contributed by atoms with Gasteiger partial charge in [-0.1, -0.05) is 22.0 Å². The van der Waals surface area contributed by atoms with Crippen LogP contribution >= 0.6 is 15.9 Å². The minimum Gasteiger partial charge on any atom is -0.455 e. The second kappa shape index (κ2) is 7.36. The number of hydrogen-bond donors (Lipinski definition) is 2. The van der Waals surface area contributed by atoms with E-state index in [9.17, 15) is 14.4 Å². The van der Waals surface area contributed by atoms with Crippen LogP contribution in [0.25, 0.3) is 0 Å². The van der Waals surface area contributed by atoms with E-state index in [1.807, 2.05) is 0 Å². The molecule has 0 aromatic heterocycles. The van der Waals surface area contributed by atoms with Gasteiger partial charge in [-0.15, -0.1) is 0 Å². The summed E-state index contributed by atoms with van der Waals surface area (Å²) in [5.41, 5.74) is 0.593. The number of carbonyl (C=O) groups excluding carboxylic acids is 3. The Morgan fingerprint density at radius 2 is 1.83 bits per heavy atom. The Bertz CT molecular complexity index is 883. The van der Waals surface area contributed by atoms with Gasteiger partial charge in [-0.05, 0) is 81.4 Å². The average Bonchev–Trinajstić information content (AvgIpc) is 3.48. The fourth-order valence-corrected chi connectivity index (χ4v) is 7.56. The molecule has 2 unspecified atom stereocenters. The Hall–Kier alpha value is -1.89. The molecule has 2 atom stereocenters. The van der Waals surface area contributed by atoms with Gasteiger partial charge in [0, 0.05) is 21.6 Å². The maximum Gasteiger partial charge on any atom is 0.312 e. The van der Waals surface area contributed by atoms with E-state index in [1.54, 1.807) is 24.3 Å². The van der Waals surface area contributed by atoms with Crippen LogP contribution in [-0.4, -0.2) is 34.8 Å². The smallest absolute Gasteiger partial charge is 0.312 e. The number of rotatable bonds is 6. The summed E-state index contributed by atoms with van der Waals surface area (Å²) in [4.78, 5) is 37.5. The lowest BCUT2D eigenvalue weighted by Crippen LogP contribution is -2.56. The molecular formula is C23H27BrN2O4. The number of anilines is 1. The topological polar surface area (TPSA) is 84.5 Å². The SMILES string of the molecule is O=C(COC(=O)C12CC3CC(CC(Br)(C3)C1)C2)Nc1cccc(C(=O)NC2CC2)c1. The Balaban J connectivity index is 1.17. The molecule has 0 spiro atoms. The molecule has 5 fully saturated rings. The lowest BCUT2D eigenvalue weighted by Gasteiger charge is -2.58. The van der Waals surface area contributed by atoms with E-state index in [4.69, 9.17) is 4.74 Å². The van der Waals surface area contributed by atoms with Gasteiger partial charge in [0.1, 0.15) is 0 Å². The Kier molecular flexibility index (Phi) is 4.92. The molecule has 2 N–H and O–H groups in total. The minimum absolute atomic E-state index is 0.0693.